The van der Waals surface area contributed by atoms with Crippen molar-refractivity contribution >= 4 is 17.5 Å². The van der Waals surface area contributed by atoms with Gasteiger partial charge in [-0.2, -0.15) is 0 Å². The van der Waals surface area contributed by atoms with E-state index in [1.54, 1.807) is 0 Å². The first-order valence-corrected chi connectivity index (χ1v) is 14.0. The van der Waals surface area contributed by atoms with E-state index < -0.39 is 16.2 Å². The highest BCUT2D eigenvalue weighted by Gasteiger charge is 2.67. The monoisotopic (exact) mass is 500 g/mol. The van der Waals surface area contributed by atoms with Crippen LogP contribution in [0.3, 0.4) is 0 Å². The fraction of sp³-hybridized carbons (Fsp3) is 0.839. The summed E-state index contributed by atoms with van der Waals surface area (Å²) in [5, 5.41) is 10.8. The van der Waals surface area contributed by atoms with Crippen molar-refractivity contribution in [2.75, 3.05) is 7.11 Å². The van der Waals surface area contributed by atoms with Gasteiger partial charge in [0, 0.05) is 5.41 Å². The van der Waals surface area contributed by atoms with Gasteiger partial charge >= 0.3 is 5.97 Å². The van der Waals surface area contributed by atoms with Crippen molar-refractivity contribution in [1.29, 1.82) is 0 Å². The van der Waals surface area contributed by atoms with Gasteiger partial charge in [-0.05, 0) is 104 Å². The molecule has 3 fully saturated rings. The normalized spacial score (nSPS) is 45.8. The predicted octanol–water partition coefficient (Wildman–Crippen LogP) is 6.07. The fourth-order valence-corrected chi connectivity index (χ4v) is 9.32. The lowest BCUT2D eigenvalue weighted by Crippen LogP contribution is -2.63. The summed E-state index contributed by atoms with van der Waals surface area (Å²) in [4.78, 5) is 41.5. The number of allylic oxidation sites excluding steroid dienone is 2. The molecule has 202 valence electrons. The molecular weight excluding hydrogens is 452 g/mol. The molecule has 7 atom stereocenters. The Labute approximate surface area is 217 Å². The average Bonchev–Trinajstić information content (AvgIpc) is 2.79. The number of hydrogen-bond acceptors (Lipinski definition) is 5. The number of hydrogen-bond donors (Lipinski definition) is 1. The lowest BCUT2D eigenvalue weighted by atomic mass is 9.39. The molecule has 36 heavy (non-hydrogen) atoms. The smallest absolute Gasteiger partial charge is 0.306 e. The highest BCUT2D eigenvalue weighted by molar-refractivity contribution is 6.17. The molecule has 5 nitrogen and oxygen atoms in total. The van der Waals surface area contributed by atoms with E-state index in [4.69, 9.17) is 4.74 Å². The summed E-state index contributed by atoms with van der Waals surface area (Å²) in [6.45, 7) is 17.0. The van der Waals surface area contributed by atoms with E-state index in [0.29, 0.717) is 12.8 Å². The number of ether oxygens (including phenoxy) is 1. The highest BCUT2D eigenvalue weighted by Crippen LogP contribution is 2.68. The molecule has 4 rings (SSSR count). The van der Waals surface area contributed by atoms with E-state index in [2.05, 4.69) is 48.5 Å². The second kappa shape index (κ2) is 8.25. The summed E-state index contributed by atoms with van der Waals surface area (Å²) in [6, 6.07) is 0. The van der Waals surface area contributed by atoms with Crippen LogP contribution in [0.15, 0.2) is 11.6 Å². The van der Waals surface area contributed by atoms with Gasteiger partial charge in [-0.25, -0.2) is 0 Å². The molecule has 0 bridgehead atoms. The molecule has 4 aliphatic rings. The average molecular weight is 501 g/mol. The molecule has 0 amide bonds. The second-order valence-electron chi connectivity index (χ2n) is 15.0. The van der Waals surface area contributed by atoms with Gasteiger partial charge in [0.15, 0.2) is 11.6 Å². The Morgan fingerprint density at radius 3 is 2.19 bits per heavy atom. The third kappa shape index (κ3) is 3.69. The minimum Gasteiger partial charge on any atom is -0.469 e. The van der Waals surface area contributed by atoms with Gasteiger partial charge in [0.25, 0.3) is 0 Å². The molecule has 0 aliphatic heterocycles. The molecular formula is C31H48O5. The van der Waals surface area contributed by atoms with Crippen molar-refractivity contribution in [3.8, 4) is 0 Å². The Bertz CT molecular complexity index is 1010. The molecule has 0 spiro atoms. The zero-order valence-electron chi connectivity index (χ0n) is 24.0. The van der Waals surface area contributed by atoms with Crippen molar-refractivity contribution in [3.63, 3.8) is 0 Å². The molecule has 5 heteroatoms. The summed E-state index contributed by atoms with van der Waals surface area (Å²) >= 11 is 0. The van der Waals surface area contributed by atoms with Crippen LogP contribution in [0, 0.1) is 44.3 Å². The zero-order valence-corrected chi connectivity index (χ0v) is 24.0. The van der Waals surface area contributed by atoms with E-state index in [1.165, 1.54) is 7.11 Å². The summed E-state index contributed by atoms with van der Waals surface area (Å²) in [6.07, 6.45) is 7.19. The minimum atomic E-state index is -1.17. The Kier molecular flexibility index (Phi) is 6.31. The number of esters is 1. The van der Waals surface area contributed by atoms with Crippen LogP contribution >= 0.6 is 0 Å². The topological polar surface area (TPSA) is 80.7 Å². The fourth-order valence-electron chi connectivity index (χ4n) is 9.32. The first kappa shape index (κ1) is 27.5. The number of ketones is 2. The lowest BCUT2D eigenvalue weighted by molar-refractivity contribution is -0.167. The van der Waals surface area contributed by atoms with Crippen LogP contribution in [0.4, 0.5) is 0 Å². The van der Waals surface area contributed by atoms with Gasteiger partial charge in [-0.1, -0.05) is 41.5 Å². The van der Waals surface area contributed by atoms with E-state index in [9.17, 15) is 19.5 Å². The number of Topliss-reactive ketones (excluding diaryl/α,β-unsaturated/α-hetero) is 1. The number of fused-ring (bicyclic) bond motifs is 3. The van der Waals surface area contributed by atoms with Crippen LogP contribution in [0.5, 0.6) is 0 Å². The molecule has 0 aromatic carbocycles. The maximum Gasteiger partial charge on any atom is 0.306 e. The van der Waals surface area contributed by atoms with Crippen molar-refractivity contribution in [3.05, 3.63) is 11.6 Å². The second-order valence-corrected chi connectivity index (χ2v) is 15.0. The summed E-state index contributed by atoms with van der Waals surface area (Å²) in [5.74, 6) is -0.349. The van der Waals surface area contributed by atoms with Gasteiger partial charge in [0.05, 0.1) is 25.0 Å². The van der Waals surface area contributed by atoms with E-state index >= 15 is 0 Å². The summed E-state index contributed by atoms with van der Waals surface area (Å²) < 4.78 is 5.06. The first-order valence-electron chi connectivity index (χ1n) is 14.0. The van der Waals surface area contributed by atoms with Crippen molar-refractivity contribution < 1.29 is 24.2 Å². The lowest BCUT2D eigenvalue weighted by Gasteiger charge is -2.63. The summed E-state index contributed by atoms with van der Waals surface area (Å²) in [5.41, 5.74) is -1.95. The van der Waals surface area contributed by atoms with Crippen LogP contribution in [0.1, 0.15) is 107 Å². The van der Waals surface area contributed by atoms with Gasteiger partial charge in [0.1, 0.15) is 0 Å². The van der Waals surface area contributed by atoms with Crippen molar-refractivity contribution in [2.24, 2.45) is 44.3 Å². The van der Waals surface area contributed by atoms with E-state index in [0.717, 1.165) is 37.7 Å². The molecule has 1 N–H and O–H groups in total. The SMILES string of the molecule is COC(=O)C[C@]1(C)CCC(C)(C)C[C@@H]1[C@]1(C)C(=O)C=C2[C@](C)(CC[C@H]3C(C)(C)[C@H](O)CC[C@@]23C)C1=O. The zero-order chi connectivity index (χ0) is 27.1. The maximum atomic E-state index is 14.8. The van der Waals surface area contributed by atoms with Crippen LogP contribution in [0.2, 0.25) is 0 Å². The standard InChI is InChI=1S/C31H48O5/c1-26(2)14-15-28(5,18-24(34)36-9)21(17-26)31(8)23(33)16-20-29(6)13-11-22(32)27(3,4)19(29)10-12-30(20,7)25(31)35/h16,19,21-22,32H,10-15,17-18H2,1-9H3/t19-,21-,22+,28-,29+,30-,31+/m0/s1. The van der Waals surface area contributed by atoms with E-state index in [-0.39, 0.29) is 58.1 Å². The Hall–Kier alpha value is -1.49. The Morgan fingerprint density at radius 1 is 0.944 bits per heavy atom. The first-order chi connectivity index (χ1) is 16.4. The minimum absolute atomic E-state index is 0.0120. The molecule has 0 saturated heterocycles. The number of rotatable bonds is 3. The number of aliphatic hydroxyl groups is 1. The van der Waals surface area contributed by atoms with Gasteiger partial charge in [-0.3, -0.25) is 14.4 Å². The molecule has 0 unspecified atom stereocenters. The molecule has 0 aromatic rings. The van der Waals surface area contributed by atoms with E-state index in [1.807, 2.05) is 13.0 Å². The van der Waals surface area contributed by atoms with Crippen molar-refractivity contribution in [2.45, 2.75) is 113 Å². The molecule has 0 radical (unpaired) electrons. The van der Waals surface area contributed by atoms with Crippen LogP contribution in [-0.4, -0.2) is 35.9 Å². The molecule has 3 saturated carbocycles. The molecule has 4 aliphatic carbocycles. The number of carbonyl (C=O) groups excluding carboxylic acids is 3. The number of aliphatic hydroxyl groups excluding tert-OH is 1. The summed E-state index contributed by atoms with van der Waals surface area (Å²) in [7, 11) is 1.41. The quantitative estimate of drug-likeness (QED) is 0.376. The van der Waals surface area contributed by atoms with Gasteiger partial charge in [-0.15, -0.1) is 0 Å². The van der Waals surface area contributed by atoms with Gasteiger partial charge in [0.2, 0.25) is 0 Å². The van der Waals surface area contributed by atoms with Gasteiger partial charge < -0.3 is 9.84 Å². The molecule has 0 aromatic heterocycles. The molecule has 0 heterocycles. The predicted molar refractivity (Wildman–Crippen MR) is 140 cm³/mol. The maximum absolute atomic E-state index is 14.8. The van der Waals surface area contributed by atoms with Crippen molar-refractivity contribution in [1.82, 2.24) is 0 Å². The Morgan fingerprint density at radius 2 is 1.58 bits per heavy atom. The van der Waals surface area contributed by atoms with Crippen LogP contribution in [-0.2, 0) is 19.1 Å². The third-order valence-electron chi connectivity index (χ3n) is 11.8. The number of methoxy groups -OCH3 is 1. The van der Waals surface area contributed by atoms with Crippen LogP contribution < -0.4 is 0 Å². The highest BCUT2D eigenvalue weighted by atomic mass is 16.5. The third-order valence-corrected chi connectivity index (χ3v) is 11.8. The largest absolute Gasteiger partial charge is 0.469 e. The van der Waals surface area contributed by atoms with Crippen LogP contribution in [0.25, 0.3) is 0 Å². The Balaban J connectivity index is 1.84. The number of carbonyl (C=O) groups is 3.